The molecule has 2 nitrogen and oxygen atoms in total. The molecule has 0 aromatic rings. The minimum absolute atomic E-state index is 0.701. The highest BCUT2D eigenvalue weighted by Crippen LogP contribution is 2.44. The van der Waals surface area contributed by atoms with Gasteiger partial charge in [0.15, 0.2) is 0 Å². The average molecular weight is 210 g/mol. The van der Waals surface area contributed by atoms with Crippen LogP contribution in [0.1, 0.15) is 45.4 Å². The van der Waals surface area contributed by atoms with E-state index in [1.54, 1.807) is 0 Å². The van der Waals surface area contributed by atoms with E-state index in [0.29, 0.717) is 5.92 Å². The Morgan fingerprint density at radius 1 is 1.20 bits per heavy atom. The second kappa shape index (κ2) is 5.31. The van der Waals surface area contributed by atoms with Gasteiger partial charge in [0.2, 0.25) is 0 Å². The molecule has 88 valence electrons. The van der Waals surface area contributed by atoms with Crippen LogP contribution in [0, 0.1) is 17.8 Å². The molecule has 2 aliphatic rings. The van der Waals surface area contributed by atoms with Gasteiger partial charge in [-0.2, -0.15) is 0 Å². The van der Waals surface area contributed by atoms with Gasteiger partial charge in [0.25, 0.3) is 0 Å². The summed E-state index contributed by atoms with van der Waals surface area (Å²) in [6.45, 7) is 4.30. The first-order chi connectivity index (χ1) is 7.31. The Bertz CT molecular complexity index is 173. The van der Waals surface area contributed by atoms with Crippen molar-refractivity contribution in [3.05, 3.63) is 0 Å². The fraction of sp³-hybridized carbons (Fsp3) is 1.00. The molecular weight excluding hydrogens is 184 g/mol. The number of rotatable bonds is 8. The fourth-order valence-corrected chi connectivity index (χ4v) is 2.47. The number of nitrogens with two attached hydrogens (primary N) is 1. The molecule has 15 heavy (non-hydrogen) atoms. The third-order valence-electron chi connectivity index (χ3n) is 3.92. The number of hydrogen-bond acceptors (Lipinski definition) is 2. The molecular formula is C13H26N2. The predicted octanol–water partition coefficient (Wildman–Crippen LogP) is 2.14. The molecule has 0 aromatic carbocycles. The molecule has 2 fully saturated rings. The Kier molecular flexibility index (Phi) is 4.04. The summed E-state index contributed by atoms with van der Waals surface area (Å²) >= 11 is 0. The molecule has 0 amide bonds. The fourth-order valence-electron chi connectivity index (χ4n) is 2.47. The lowest BCUT2D eigenvalue weighted by molar-refractivity contribution is 0.400. The van der Waals surface area contributed by atoms with E-state index >= 15 is 0 Å². The highest BCUT2D eigenvalue weighted by atomic mass is 14.9. The van der Waals surface area contributed by atoms with E-state index in [1.165, 1.54) is 45.1 Å². The van der Waals surface area contributed by atoms with Crippen LogP contribution in [-0.2, 0) is 0 Å². The Balaban J connectivity index is 1.55. The molecule has 0 saturated heterocycles. The zero-order valence-corrected chi connectivity index (χ0v) is 10.0. The van der Waals surface area contributed by atoms with Crippen molar-refractivity contribution in [2.45, 2.75) is 51.5 Å². The normalized spacial score (nSPS) is 23.4. The molecule has 2 aliphatic carbocycles. The van der Waals surface area contributed by atoms with Crippen LogP contribution in [0.4, 0.5) is 0 Å². The smallest absolute Gasteiger partial charge is 0.0124 e. The SMILES string of the molecule is CC(CN)CCCNC(C1CC1)C1CC1. The maximum Gasteiger partial charge on any atom is 0.0124 e. The first-order valence-corrected chi connectivity index (χ1v) is 6.74. The van der Waals surface area contributed by atoms with E-state index in [-0.39, 0.29) is 0 Å². The van der Waals surface area contributed by atoms with E-state index in [2.05, 4.69) is 12.2 Å². The first-order valence-electron chi connectivity index (χ1n) is 6.74. The second-order valence-electron chi connectivity index (χ2n) is 5.64. The van der Waals surface area contributed by atoms with Crippen LogP contribution < -0.4 is 11.1 Å². The lowest BCUT2D eigenvalue weighted by atomic mass is 10.0. The van der Waals surface area contributed by atoms with Crippen LogP contribution in [-0.4, -0.2) is 19.1 Å². The van der Waals surface area contributed by atoms with Crippen molar-refractivity contribution in [1.82, 2.24) is 5.32 Å². The molecule has 2 saturated carbocycles. The Labute approximate surface area is 94.0 Å². The summed E-state index contributed by atoms with van der Waals surface area (Å²) in [5, 5.41) is 3.78. The third-order valence-corrected chi connectivity index (χ3v) is 3.92. The van der Waals surface area contributed by atoms with Crippen LogP contribution in [0.15, 0.2) is 0 Å². The summed E-state index contributed by atoms with van der Waals surface area (Å²) in [5.41, 5.74) is 5.61. The quantitative estimate of drug-likeness (QED) is 0.602. The highest BCUT2D eigenvalue weighted by molar-refractivity contribution is 4.96. The van der Waals surface area contributed by atoms with Gasteiger partial charge in [-0.15, -0.1) is 0 Å². The summed E-state index contributed by atoms with van der Waals surface area (Å²) in [4.78, 5) is 0. The van der Waals surface area contributed by atoms with E-state index in [9.17, 15) is 0 Å². The monoisotopic (exact) mass is 210 g/mol. The highest BCUT2D eigenvalue weighted by Gasteiger charge is 2.40. The van der Waals surface area contributed by atoms with Crippen molar-refractivity contribution in [3.63, 3.8) is 0 Å². The number of nitrogens with one attached hydrogen (secondary N) is 1. The topological polar surface area (TPSA) is 38.0 Å². The van der Waals surface area contributed by atoms with Gasteiger partial charge >= 0.3 is 0 Å². The van der Waals surface area contributed by atoms with E-state index in [1.807, 2.05) is 0 Å². The maximum atomic E-state index is 5.61. The van der Waals surface area contributed by atoms with Gasteiger partial charge < -0.3 is 11.1 Å². The summed E-state index contributed by atoms with van der Waals surface area (Å²) in [6, 6.07) is 0.873. The van der Waals surface area contributed by atoms with E-state index < -0.39 is 0 Å². The van der Waals surface area contributed by atoms with Crippen LogP contribution in [0.3, 0.4) is 0 Å². The van der Waals surface area contributed by atoms with Gasteiger partial charge in [0.1, 0.15) is 0 Å². The minimum Gasteiger partial charge on any atom is -0.330 e. The average Bonchev–Trinajstić information content (AvgIpc) is 3.09. The molecule has 0 radical (unpaired) electrons. The standard InChI is InChI=1S/C13H26N2/c1-10(9-14)3-2-8-15-13(11-4-5-11)12-6-7-12/h10-13,15H,2-9,14H2,1H3. The molecule has 1 atom stereocenters. The largest absolute Gasteiger partial charge is 0.330 e. The molecule has 0 spiro atoms. The molecule has 2 heteroatoms. The maximum absolute atomic E-state index is 5.61. The number of hydrogen-bond donors (Lipinski definition) is 2. The Morgan fingerprint density at radius 2 is 1.80 bits per heavy atom. The van der Waals surface area contributed by atoms with E-state index in [0.717, 1.165) is 24.4 Å². The van der Waals surface area contributed by atoms with Crippen LogP contribution in [0.5, 0.6) is 0 Å². The molecule has 3 N–H and O–H groups in total. The summed E-state index contributed by atoms with van der Waals surface area (Å²) in [6.07, 6.45) is 8.50. The summed E-state index contributed by atoms with van der Waals surface area (Å²) in [7, 11) is 0. The molecule has 0 bridgehead atoms. The molecule has 0 aliphatic heterocycles. The van der Waals surface area contributed by atoms with Gasteiger partial charge in [-0.25, -0.2) is 0 Å². The Morgan fingerprint density at radius 3 is 2.27 bits per heavy atom. The molecule has 0 heterocycles. The van der Waals surface area contributed by atoms with Crippen molar-refractivity contribution in [2.24, 2.45) is 23.5 Å². The van der Waals surface area contributed by atoms with Crippen molar-refractivity contribution in [3.8, 4) is 0 Å². The molecule has 2 rings (SSSR count). The second-order valence-corrected chi connectivity index (χ2v) is 5.64. The first kappa shape index (κ1) is 11.4. The van der Waals surface area contributed by atoms with Gasteiger partial charge in [-0.05, 0) is 69.4 Å². The van der Waals surface area contributed by atoms with Crippen molar-refractivity contribution >= 4 is 0 Å². The van der Waals surface area contributed by atoms with Crippen LogP contribution in [0.25, 0.3) is 0 Å². The lowest BCUT2D eigenvalue weighted by Gasteiger charge is -2.18. The predicted molar refractivity (Wildman–Crippen MR) is 64.7 cm³/mol. The van der Waals surface area contributed by atoms with Gasteiger partial charge in [-0.1, -0.05) is 6.92 Å². The third kappa shape index (κ3) is 3.76. The zero-order chi connectivity index (χ0) is 10.7. The van der Waals surface area contributed by atoms with E-state index in [4.69, 9.17) is 5.73 Å². The van der Waals surface area contributed by atoms with Crippen molar-refractivity contribution in [1.29, 1.82) is 0 Å². The van der Waals surface area contributed by atoms with Gasteiger partial charge in [0.05, 0.1) is 0 Å². The minimum atomic E-state index is 0.701. The molecule has 0 aromatic heterocycles. The van der Waals surface area contributed by atoms with Crippen molar-refractivity contribution < 1.29 is 0 Å². The zero-order valence-electron chi connectivity index (χ0n) is 10.0. The summed E-state index contributed by atoms with van der Waals surface area (Å²) < 4.78 is 0. The Hall–Kier alpha value is -0.0800. The van der Waals surface area contributed by atoms with Gasteiger partial charge in [0, 0.05) is 6.04 Å². The van der Waals surface area contributed by atoms with Crippen LogP contribution >= 0.6 is 0 Å². The van der Waals surface area contributed by atoms with Gasteiger partial charge in [-0.3, -0.25) is 0 Å². The lowest BCUT2D eigenvalue weighted by Crippen LogP contribution is -2.34. The summed E-state index contributed by atoms with van der Waals surface area (Å²) in [5.74, 6) is 2.76. The molecule has 1 unspecified atom stereocenters. The van der Waals surface area contributed by atoms with Crippen LogP contribution in [0.2, 0.25) is 0 Å². The van der Waals surface area contributed by atoms with Crippen molar-refractivity contribution in [2.75, 3.05) is 13.1 Å².